The first-order chi connectivity index (χ1) is 25.7. The summed E-state index contributed by atoms with van der Waals surface area (Å²) in [6.07, 6.45) is -1.16. The zero-order chi connectivity index (χ0) is 37.0. The highest BCUT2D eigenvalue weighted by Crippen LogP contribution is 2.47. The predicted molar refractivity (Wildman–Crippen MR) is 195 cm³/mol. The Hall–Kier alpha value is -5.94. The van der Waals surface area contributed by atoms with Crippen molar-refractivity contribution in [3.8, 4) is 11.5 Å². The van der Waals surface area contributed by atoms with E-state index in [1.165, 1.54) is 19.1 Å². The van der Waals surface area contributed by atoms with E-state index in [1.54, 1.807) is 54.6 Å². The number of nitrogens with zero attached hydrogens (tertiary/aromatic N) is 1. The van der Waals surface area contributed by atoms with Gasteiger partial charge >= 0.3 is 11.9 Å². The summed E-state index contributed by atoms with van der Waals surface area (Å²) in [5, 5.41) is -1.23. The smallest absolute Gasteiger partial charge is 0.338 e. The average Bonchev–Trinajstić information content (AvgIpc) is 3.33. The van der Waals surface area contributed by atoms with Crippen LogP contribution in [-0.2, 0) is 42.1 Å². The summed E-state index contributed by atoms with van der Waals surface area (Å²) in [6.45, 7) is 1.06. The van der Waals surface area contributed by atoms with Gasteiger partial charge in [-0.15, -0.1) is 0 Å². The van der Waals surface area contributed by atoms with E-state index < -0.39 is 56.6 Å². The number of hydrogen-bond acceptors (Lipinski definition) is 9. The highest BCUT2D eigenvalue weighted by Gasteiger charge is 2.71. The zero-order valence-electron chi connectivity index (χ0n) is 28.9. The van der Waals surface area contributed by atoms with Gasteiger partial charge in [-0.2, -0.15) is 0 Å². The molecule has 0 radical (unpaired) electrons. The van der Waals surface area contributed by atoms with E-state index in [9.17, 15) is 22.8 Å². The number of carbonyl (C=O) groups is 3. The van der Waals surface area contributed by atoms with Crippen LogP contribution in [0, 0.1) is 0 Å². The first-order valence-electron chi connectivity index (χ1n) is 17.2. The fourth-order valence-corrected chi connectivity index (χ4v) is 8.92. The van der Waals surface area contributed by atoms with Crippen molar-refractivity contribution >= 4 is 27.7 Å². The molecule has 1 amide bonds. The number of ether oxygens (including phenoxy) is 4. The van der Waals surface area contributed by atoms with Crippen LogP contribution >= 0.6 is 0 Å². The Morgan fingerprint density at radius 2 is 1.25 bits per heavy atom. The van der Waals surface area contributed by atoms with Crippen LogP contribution in [0.5, 0.6) is 11.5 Å². The molecule has 0 saturated carbocycles. The molecule has 0 aliphatic carbocycles. The summed E-state index contributed by atoms with van der Waals surface area (Å²) in [7, 11) is -4.20. The van der Waals surface area contributed by atoms with Crippen molar-refractivity contribution < 1.29 is 41.7 Å². The molecule has 2 fully saturated rings. The van der Waals surface area contributed by atoms with Crippen LogP contribution in [0.25, 0.3) is 0 Å². The van der Waals surface area contributed by atoms with Crippen molar-refractivity contribution in [2.45, 2.75) is 48.8 Å². The highest BCUT2D eigenvalue weighted by molar-refractivity contribution is 7.94. The van der Waals surface area contributed by atoms with Crippen LogP contribution in [0.15, 0.2) is 140 Å². The van der Waals surface area contributed by atoms with E-state index in [2.05, 4.69) is 0 Å². The van der Waals surface area contributed by atoms with Crippen molar-refractivity contribution in [1.82, 2.24) is 4.90 Å². The van der Waals surface area contributed by atoms with Gasteiger partial charge in [0, 0.05) is 0 Å². The number of amides is 1. The van der Waals surface area contributed by atoms with Gasteiger partial charge in [0.05, 0.1) is 12.0 Å². The summed E-state index contributed by atoms with van der Waals surface area (Å²) in [5.41, 5.74) is 3.23. The lowest BCUT2D eigenvalue weighted by Gasteiger charge is -2.37. The van der Waals surface area contributed by atoms with Crippen LogP contribution in [0.3, 0.4) is 0 Å². The van der Waals surface area contributed by atoms with Crippen molar-refractivity contribution in [2.24, 2.45) is 0 Å². The summed E-state index contributed by atoms with van der Waals surface area (Å²) in [5.74, 6) is -1.60. The molecule has 270 valence electrons. The molecule has 11 heteroatoms. The Bertz CT molecular complexity index is 2160. The molecule has 53 heavy (non-hydrogen) atoms. The fraction of sp³-hybridized carbons (Fsp3) is 0.214. The average molecular weight is 732 g/mol. The minimum Gasteiger partial charge on any atom is -0.485 e. The molecule has 5 aromatic carbocycles. The second-order valence-corrected chi connectivity index (χ2v) is 15.7. The van der Waals surface area contributed by atoms with E-state index in [-0.39, 0.29) is 30.9 Å². The molecule has 5 aromatic rings. The van der Waals surface area contributed by atoms with Crippen LogP contribution in [0.1, 0.15) is 52.1 Å². The first kappa shape index (κ1) is 35.5. The predicted octanol–water partition coefficient (Wildman–Crippen LogP) is 6.45. The molecule has 3 unspecified atom stereocenters. The number of fused-ring (bicyclic) bond motifs is 1. The molecule has 0 aromatic heterocycles. The maximum absolute atomic E-state index is 14.1. The van der Waals surface area contributed by atoms with E-state index >= 15 is 0 Å². The van der Waals surface area contributed by atoms with E-state index in [1.807, 2.05) is 72.8 Å². The lowest BCUT2D eigenvalue weighted by atomic mass is 9.96. The van der Waals surface area contributed by atoms with Gasteiger partial charge in [-0.3, -0.25) is 4.79 Å². The van der Waals surface area contributed by atoms with Gasteiger partial charge in [-0.25, -0.2) is 18.0 Å². The Balaban J connectivity index is 1.13. The third kappa shape index (κ3) is 7.12. The largest absolute Gasteiger partial charge is 0.485 e. The monoisotopic (exact) mass is 731 g/mol. The van der Waals surface area contributed by atoms with Crippen molar-refractivity contribution in [3.63, 3.8) is 0 Å². The number of esters is 2. The molecule has 0 bridgehead atoms. The molecule has 2 heterocycles. The molecule has 2 aliphatic heterocycles. The third-order valence-electron chi connectivity index (χ3n) is 9.62. The van der Waals surface area contributed by atoms with E-state index in [0.29, 0.717) is 16.9 Å². The topological polar surface area (TPSA) is 126 Å². The number of sulfone groups is 1. The molecule has 2 aliphatic rings. The summed E-state index contributed by atoms with van der Waals surface area (Å²) in [6, 6.07) is 40.1. The Kier molecular flexibility index (Phi) is 10.0. The summed E-state index contributed by atoms with van der Waals surface area (Å²) >= 11 is 0. The van der Waals surface area contributed by atoms with Gasteiger partial charge in [0.15, 0.2) is 33.5 Å². The maximum Gasteiger partial charge on any atom is 0.338 e. The van der Waals surface area contributed by atoms with Gasteiger partial charge in [-0.05, 0) is 47.4 Å². The first-order valence-corrected chi connectivity index (χ1v) is 18.7. The van der Waals surface area contributed by atoms with Crippen LogP contribution < -0.4 is 9.47 Å². The van der Waals surface area contributed by atoms with Gasteiger partial charge in [-0.1, -0.05) is 121 Å². The van der Waals surface area contributed by atoms with Crippen LogP contribution in [-0.4, -0.2) is 53.9 Å². The van der Waals surface area contributed by atoms with Gasteiger partial charge in [0.2, 0.25) is 5.91 Å². The number of benzene rings is 5. The molecule has 0 N–H and O–H groups in total. The Labute approximate surface area is 307 Å². The maximum atomic E-state index is 14.1. The minimum atomic E-state index is -4.20. The SMILES string of the molecule is CC1(COC(=O)c2ccc(OCc3ccccc3)c(OCc3ccccc3)c2)C(C(=O)OC(c2ccccc2)c2ccccc2)N2C(=O)CC2S1(=O)=O. The minimum absolute atomic E-state index is 0.0748. The van der Waals surface area contributed by atoms with Crippen LogP contribution in [0.2, 0.25) is 0 Å². The second-order valence-electron chi connectivity index (χ2n) is 13.1. The standard InChI is InChI=1S/C42H37NO9S/c1-42(28-51-40(45)33-22-23-34(49-26-29-14-6-2-7-15-29)35(24-33)50-27-30-16-8-3-9-17-30)39(43-36(44)25-37(43)53(42,47)48)41(46)52-38(31-18-10-4-11-19-31)32-20-12-5-13-21-32/h2-24,37-39H,25-28H2,1H3. The molecular weight excluding hydrogens is 695 g/mol. The number of rotatable bonds is 13. The number of carbonyl (C=O) groups excluding carboxylic acids is 3. The molecular formula is C42H37NO9S. The highest BCUT2D eigenvalue weighted by atomic mass is 32.2. The van der Waals surface area contributed by atoms with Crippen molar-refractivity contribution in [1.29, 1.82) is 0 Å². The van der Waals surface area contributed by atoms with Gasteiger partial charge in [0.25, 0.3) is 0 Å². The lowest BCUT2D eigenvalue weighted by molar-refractivity contribution is -0.164. The van der Waals surface area contributed by atoms with E-state index in [0.717, 1.165) is 16.0 Å². The molecule has 10 nitrogen and oxygen atoms in total. The molecule has 2 saturated heterocycles. The van der Waals surface area contributed by atoms with Gasteiger partial charge < -0.3 is 23.8 Å². The lowest BCUT2D eigenvalue weighted by Crippen LogP contribution is -2.58. The Morgan fingerprint density at radius 1 is 0.736 bits per heavy atom. The summed E-state index contributed by atoms with van der Waals surface area (Å²) in [4.78, 5) is 41.7. The molecule has 3 atom stereocenters. The fourth-order valence-electron chi connectivity index (χ4n) is 6.65. The molecule has 7 rings (SSSR count). The van der Waals surface area contributed by atoms with Gasteiger partial charge in [0.1, 0.15) is 29.9 Å². The summed E-state index contributed by atoms with van der Waals surface area (Å²) < 4.78 is 49.9. The number of β-lactam (4-membered cyclic amide) rings is 1. The zero-order valence-corrected chi connectivity index (χ0v) is 29.7. The van der Waals surface area contributed by atoms with Crippen LogP contribution in [0.4, 0.5) is 0 Å². The second kappa shape index (κ2) is 15.0. The normalized spacial score (nSPS) is 19.9. The van der Waals surface area contributed by atoms with E-state index in [4.69, 9.17) is 18.9 Å². The number of hydrogen-bond donors (Lipinski definition) is 0. The Morgan fingerprint density at radius 3 is 1.77 bits per heavy atom. The quantitative estimate of drug-likeness (QED) is 0.0993. The third-order valence-corrected chi connectivity index (χ3v) is 12.4. The van der Waals surface area contributed by atoms with Crippen molar-refractivity contribution in [3.05, 3.63) is 167 Å². The molecule has 0 spiro atoms. The van der Waals surface area contributed by atoms with Crippen molar-refractivity contribution in [2.75, 3.05) is 6.61 Å².